The van der Waals surface area contributed by atoms with Gasteiger partial charge >= 0.3 is 0 Å². The number of hydrogen-bond acceptors (Lipinski definition) is 6. The normalized spacial score (nSPS) is 10.6. The van der Waals surface area contributed by atoms with Crippen LogP contribution in [-0.4, -0.2) is 54.1 Å². The highest BCUT2D eigenvalue weighted by Gasteiger charge is 2.16. The third-order valence-electron chi connectivity index (χ3n) is 2.43. The third kappa shape index (κ3) is 4.80. The van der Waals surface area contributed by atoms with Crippen LogP contribution in [0.3, 0.4) is 0 Å². The molecule has 20 heavy (non-hydrogen) atoms. The number of rotatable bonds is 6. The second-order valence-corrected chi connectivity index (χ2v) is 5.17. The fourth-order valence-corrected chi connectivity index (χ4v) is 1.69. The molecule has 0 radical (unpaired) electrons. The highest BCUT2D eigenvalue weighted by Crippen LogP contribution is 2.14. The minimum Gasteiger partial charge on any atom is -0.352 e. The number of carbonyl (C=O) groups excluding carboxylic acids is 1. The number of nitrogens with one attached hydrogen (secondary N) is 1. The standard InChI is InChI=1S/C12H21ClN6O/c1-6-19(7-9(20)14-8(2)3)12-16-10(13)15-11(17-12)18(4)5/h8H,6-7H2,1-5H3,(H,14,20). The van der Waals surface area contributed by atoms with Gasteiger partial charge in [-0.05, 0) is 32.4 Å². The van der Waals surface area contributed by atoms with E-state index in [-0.39, 0.29) is 23.8 Å². The van der Waals surface area contributed by atoms with Crippen molar-refractivity contribution in [2.24, 2.45) is 0 Å². The van der Waals surface area contributed by atoms with Crippen molar-refractivity contribution in [3.63, 3.8) is 0 Å². The zero-order valence-electron chi connectivity index (χ0n) is 12.5. The summed E-state index contributed by atoms with van der Waals surface area (Å²) < 4.78 is 0. The summed E-state index contributed by atoms with van der Waals surface area (Å²) >= 11 is 5.90. The molecule has 1 N–H and O–H groups in total. The summed E-state index contributed by atoms with van der Waals surface area (Å²) in [6.45, 7) is 6.53. The Balaban J connectivity index is 2.92. The van der Waals surface area contributed by atoms with E-state index in [1.165, 1.54) is 0 Å². The molecule has 0 saturated heterocycles. The molecule has 1 heterocycles. The van der Waals surface area contributed by atoms with E-state index in [1.54, 1.807) is 9.80 Å². The maximum absolute atomic E-state index is 11.8. The lowest BCUT2D eigenvalue weighted by Crippen LogP contribution is -2.40. The molecule has 0 saturated carbocycles. The zero-order chi connectivity index (χ0) is 15.3. The van der Waals surface area contributed by atoms with Crippen molar-refractivity contribution in [2.75, 3.05) is 37.0 Å². The van der Waals surface area contributed by atoms with E-state index in [0.717, 1.165) is 0 Å². The average molecular weight is 301 g/mol. The molecule has 1 aromatic heterocycles. The summed E-state index contributed by atoms with van der Waals surface area (Å²) in [5.41, 5.74) is 0. The van der Waals surface area contributed by atoms with Gasteiger partial charge < -0.3 is 15.1 Å². The largest absolute Gasteiger partial charge is 0.352 e. The van der Waals surface area contributed by atoms with E-state index in [1.807, 2.05) is 34.9 Å². The predicted molar refractivity (Wildman–Crippen MR) is 80.3 cm³/mol. The van der Waals surface area contributed by atoms with Gasteiger partial charge in [0.15, 0.2) is 0 Å². The Morgan fingerprint density at radius 3 is 2.35 bits per heavy atom. The van der Waals surface area contributed by atoms with Crippen LogP contribution in [0, 0.1) is 0 Å². The lowest BCUT2D eigenvalue weighted by Gasteiger charge is -2.22. The molecule has 0 bridgehead atoms. The molecular formula is C12H21ClN6O. The van der Waals surface area contributed by atoms with Crippen LogP contribution in [-0.2, 0) is 4.79 Å². The predicted octanol–water partition coefficient (Wildman–Crippen LogP) is 0.942. The van der Waals surface area contributed by atoms with Crippen LogP contribution in [0.4, 0.5) is 11.9 Å². The Morgan fingerprint density at radius 1 is 1.25 bits per heavy atom. The van der Waals surface area contributed by atoms with Gasteiger partial charge in [-0.3, -0.25) is 4.79 Å². The molecule has 112 valence electrons. The molecule has 1 aromatic rings. The summed E-state index contributed by atoms with van der Waals surface area (Å²) in [6.07, 6.45) is 0. The van der Waals surface area contributed by atoms with E-state index in [4.69, 9.17) is 11.6 Å². The van der Waals surface area contributed by atoms with E-state index < -0.39 is 0 Å². The summed E-state index contributed by atoms with van der Waals surface area (Å²) in [4.78, 5) is 27.7. The van der Waals surface area contributed by atoms with Gasteiger partial charge in [0.25, 0.3) is 0 Å². The van der Waals surface area contributed by atoms with E-state index in [2.05, 4.69) is 20.3 Å². The highest BCUT2D eigenvalue weighted by molar-refractivity contribution is 6.28. The van der Waals surface area contributed by atoms with Gasteiger partial charge in [0.05, 0.1) is 6.54 Å². The molecule has 0 aromatic carbocycles. The maximum Gasteiger partial charge on any atom is 0.239 e. The molecule has 7 nitrogen and oxygen atoms in total. The van der Waals surface area contributed by atoms with Crippen LogP contribution < -0.4 is 15.1 Å². The first kappa shape index (κ1) is 16.4. The summed E-state index contributed by atoms with van der Waals surface area (Å²) in [6, 6.07) is 0.0977. The summed E-state index contributed by atoms with van der Waals surface area (Å²) in [7, 11) is 3.63. The molecule has 0 aliphatic carbocycles. The first-order chi connectivity index (χ1) is 9.33. The summed E-state index contributed by atoms with van der Waals surface area (Å²) in [5, 5.41) is 2.95. The lowest BCUT2D eigenvalue weighted by atomic mass is 10.4. The molecule has 0 unspecified atom stereocenters. The number of anilines is 2. The first-order valence-corrected chi connectivity index (χ1v) is 6.84. The molecule has 0 aliphatic heterocycles. The number of likely N-dealkylation sites (N-methyl/N-ethyl adjacent to an activating group) is 1. The Bertz CT molecular complexity index is 465. The van der Waals surface area contributed by atoms with Crippen LogP contribution in [0.5, 0.6) is 0 Å². The Hall–Kier alpha value is -1.63. The topological polar surface area (TPSA) is 74.2 Å². The van der Waals surface area contributed by atoms with Gasteiger partial charge in [-0.25, -0.2) is 0 Å². The number of halogens is 1. The van der Waals surface area contributed by atoms with E-state index in [0.29, 0.717) is 18.4 Å². The molecule has 0 aliphatic rings. The van der Waals surface area contributed by atoms with Gasteiger partial charge in [-0.2, -0.15) is 15.0 Å². The van der Waals surface area contributed by atoms with Gasteiger partial charge in [0.2, 0.25) is 23.1 Å². The molecule has 0 spiro atoms. The van der Waals surface area contributed by atoms with Crippen molar-refractivity contribution in [2.45, 2.75) is 26.8 Å². The Morgan fingerprint density at radius 2 is 1.85 bits per heavy atom. The molecular weight excluding hydrogens is 280 g/mol. The fourth-order valence-electron chi connectivity index (χ4n) is 1.54. The summed E-state index contributed by atoms with van der Waals surface area (Å²) in [5.74, 6) is 0.780. The molecule has 1 amide bonds. The van der Waals surface area contributed by atoms with E-state index in [9.17, 15) is 4.79 Å². The van der Waals surface area contributed by atoms with Gasteiger partial charge in [-0.1, -0.05) is 0 Å². The van der Waals surface area contributed by atoms with Crippen molar-refractivity contribution in [3.05, 3.63) is 5.28 Å². The minimum atomic E-state index is -0.0789. The minimum absolute atomic E-state index is 0.0789. The Labute approximate surface area is 124 Å². The fraction of sp³-hybridized carbons (Fsp3) is 0.667. The van der Waals surface area contributed by atoms with Crippen molar-refractivity contribution in [1.82, 2.24) is 20.3 Å². The number of nitrogens with zero attached hydrogens (tertiary/aromatic N) is 5. The monoisotopic (exact) mass is 300 g/mol. The molecule has 0 atom stereocenters. The quantitative estimate of drug-likeness (QED) is 0.843. The van der Waals surface area contributed by atoms with E-state index >= 15 is 0 Å². The smallest absolute Gasteiger partial charge is 0.239 e. The van der Waals surface area contributed by atoms with Gasteiger partial charge in [0.1, 0.15) is 0 Å². The number of hydrogen-bond donors (Lipinski definition) is 1. The van der Waals surface area contributed by atoms with Crippen molar-refractivity contribution < 1.29 is 4.79 Å². The molecule has 1 rings (SSSR count). The SMILES string of the molecule is CCN(CC(=O)NC(C)C)c1nc(Cl)nc(N(C)C)n1. The number of aromatic nitrogens is 3. The first-order valence-electron chi connectivity index (χ1n) is 6.46. The van der Waals surface area contributed by atoms with Gasteiger partial charge in [0, 0.05) is 26.7 Å². The van der Waals surface area contributed by atoms with Crippen molar-refractivity contribution in [1.29, 1.82) is 0 Å². The van der Waals surface area contributed by atoms with Crippen LogP contribution in [0.15, 0.2) is 0 Å². The second kappa shape index (κ2) is 7.23. The van der Waals surface area contributed by atoms with Crippen LogP contribution in [0.2, 0.25) is 5.28 Å². The van der Waals surface area contributed by atoms with Crippen LogP contribution in [0.1, 0.15) is 20.8 Å². The van der Waals surface area contributed by atoms with Crippen LogP contribution >= 0.6 is 11.6 Å². The third-order valence-corrected chi connectivity index (χ3v) is 2.60. The molecule has 0 fully saturated rings. The second-order valence-electron chi connectivity index (χ2n) is 4.84. The highest BCUT2D eigenvalue weighted by atomic mass is 35.5. The van der Waals surface area contributed by atoms with Crippen molar-refractivity contribution in [3.8, 4) is 0 Å². The number of amides is 1. The molecule has 8 heteroatoms. The van der Waals surface area contributed by atoms with Crippen LogP contribution in [0.25, 0.3) is 0 Å². The maximum atomic E-state index is 11.8. The number of carbonyl (C=O) groups is 1. The lowest BCUT2D eigenvalue weighted by molar-refractivity contribution is -0.120. The van der Waals surface area contributed by atoms with Gasteiger partial charge in [-0.15, -0.1) is 0 Å². The Kier molecular flexibility index (Phi) is 5.94. The average Bonchev–Trinajstić information content (AvgIpc) is 2.34. The van der Waals surface area contributed by atoms with Crippen molar-refractivity contribution >= 4 is 29.4 Å². The zero-order valence-corrected chi connectivity index (χ0v) is 13.3.